The van der Waals surface area contributed by atoms with Crippen LogP contribution in [-0.2, 0) is 16.1 Å². The minimum absolute atomic E-state index is 0.0554. The van der Waals surface area contributed by atoms with Crippen LogP contribution in [0, 0.1) is 11.8 Å². The average molecular weight is 399 g/mol. The van der Waals surface area contributed by atoms with Gasteiger partial charge in [-0.15, -0.1) is 0 Å². The molecule has 1 aromatic heterocycles. The van der Waals surface area contributed by atoms with Crippen molar-refractivity contribution in [1.29, 1.82) is 0 Å². The molecule has 4 atom stereocenters. The van der Waals surface area contributed by atoms with Crippen molar-refractivity contribution in [1.82, 2.24) is 14.8 Å². The highest BCUT2D eigenvalue weighted by atomic mass is 16.3. The van der Waals surface area contributed by atoms with Gasteiger partial charge in [0.25, 0.3) is 5.56 Å². The van der Waals surface area contributed by atoms with Crippen LogP contribution in [0.5, 0.6) is 0 Å². The van der Waals surface area contributed by atoms with E-state index in [1.165, 1.54) is 6.92 Å². The molecule has 1 saturated heterocycles. The lowest BCUT2D eigenvalue weighted by molar-refractivity contribution is -0.134. The molecule has 1 fully saturated rings. The van der Waals surface area contributed by atoms with Crippen molar-refractivity contribution >= 4 is 17.4 Å². The van der Waals surface area contributed by atoms with E-state index in [4.69, 9.17) is 0 Å². The summed E-state index contributed by atoms with van der Waals surface area (Å²) in [4.78, 5) is 40.5. The number of carbonyl (C=O) groups excluding carboxylic acids is 2. The number of carbonyl (C=O) groups is 2. The fourth-order valence-corrected chi connectivity index (χ4v) is 5.36. The van der Waals surface area contributed by atoms with E-state index >= 15 is 0 Å². The molecular formula is C22H29N3O4. The number of hydrogen-bond donors (Lipinski definition) is 2. The molecule has 7 heteroatoms. The quantitative estimate of drug-likeness (QED) is 0.784. The molecule has 0 radical (unpaired) electrons. The van der Waals surface area contributed by atoms with Gasteiger partial charge in [0.05, 0.1) is 18.0 Å². The molecule has 1 aromatic rings. The summed E-state index contributed by atoms with van der Waals surface area (Å²) in [6.07, 6.45) is 5.89. The van der Waals surface area contributed by atoms with E-state index in [9.17, 15) is 19.5 Å². The molecule has 2 amide bonds. The molecule has 2 bridgehead atoms. The van der Waals surface area contributed by atoms with Crippen LogP contribution < -0.4 is 10.9 Å². The van der Waals surface area contributed by atoms with Crippen molar-refractivity contribution in [2.75, 3.05) is 13.2 Å². The number of amides is 2. The summed E-state index contributed by atoms with van der Waals surface area (Å²) >= 11 is 0. The predicted molar refractivity (Wildman–Crippen MR) is 109 cm³/mol. The molecule has 3 heterocycles. The first kappa shape index (κ1) is 19.9. The number of aromatic nitrogens is 1. The maximum Gasteiger partial charge on any atom is 0.258 e. The van der Waals surface area contributed by atoms with Crippen LogP contribution in [-0.4, -0.2) is 45.6 Å². The number of pyridine rings is 1. The Morgan fingerprint density at radius 1 is 1.31 bits per heavy atom. The Bertz CT molecular complexity index is 919. The lowest BCUT2D eigenvalue weighted by Gasteiger charge is -2.37. The van der Waals surface area contributed by atoms with Crippen LogP contribution >= 0.6 is 0 Å². The molecule has 29 heavy (non-hydrogen) atoms. The summed E-state index contributed by atoms with van der Waals surface area (Å²) in [6, 6.07) is 2.85. The average Bonchev–Trinajstić information content (AvgIpc) is 3.31. The molecule has 2 aliphatic heterocycles. The third-order valence-electron chi connectivity index (χ3n) is 6.65. The van der Waals surface area contributed by atoms with Crippen molar-refractivity contribution in [2.24, 2.45) is 11.8 Å². The van der Waals surface area contributed by atoms with E-state index in [0.29, 0.717) is 18.8 Å². The van der Waals surface area contributed by atoms with Crippen LogP contribution in [0.25, 0.3) is 5.57 Å². The molecule has 0 aromatic carbocycles. The lowest BCUT2D eigenvalue weighted by atomic mass is 9.86. The second kappa shape index (κ2) is 7.78. The lowest BCUT2D eigenvalue weighted by Crippen LogP contribution is -2.48. The van der Waals surface area contributed by atoms with E-state index in [2.05, 4.69) is 11.4 Å². The van der Waals surface area contributed by atoms with Gasteiger partial charge >= 0.3 is 0 Å². The number of rotatable bonds is 5. The van der Waals surface area contributed by atoms with Gasteiger partial charge in [-0.05, 0) is 43.4 Å². The molecule has 0 spiro atoms. The number of hydrogen-bond acceptors (Lipinski definition) is 4. The monoisotopic (exact) mass is 399 g/mol. The van der Waals surface area contributed by atoms with E-state index in [-0.39, 0.29) is 30.0 Å². The summed E-state index contributed by atoms with van der Waals surface area (Å²) in [5.74, 6) is -1.25. The van der Waals surface area contributed by atoms with Gasteiger partial charge in [0, 0.05) is 43.8 Å². The second-order valence-corrected chi connectivity index (χ2v) is 8.31. The molecule has 0 saturated carbocycles. The first-order valence-electron chi connectivity index (χ1n) is 10.6. The zero-order valence-electron chi connectivity index (χ0n) is 17.1. The van der Waals surface area contributed by atoms with Crippen LogP contribution in [0.2, 0.25) is 0 Å². The number of aliphatic hydroxyl groups is 1. The topological polar surface area (TPSA) is 91.6 Å². The fraction of sp³-hybridized carbons (Fsp3) is 0.591. The number of fused-ring (bicyclic) bond motifs is 4. The number of allylic oxidation sites excluding steroid dienone is 2. The third-order valence-corrected chi connectivity index (χ3v) is 6.65. The summed E-state index contributed by atoms with van der Waals surface area (Å²) in [5.41, 5.74) is 2.44. The highest BCUT2D eigenvalue weighted by Gasteiger charge is 2.56. The second-order valence-electron chi connectivity index (χ2n) is 8.31. The van der Waals surface area contributed by atoms with Gasteiger partial charge in [0.1, 0.15) is 0 Å². The maximum absolute atomic E-state index is 13.3. The van der Waals surface area contributed by atoms with Crippen LogP contribution in [0.4, 0.5) is 0 Å². The molecule has 7 nitrogen and oxygen atoms in total. The molecule has 1 aliphatic carbocycles. The van der Waals surface area contributed by atoms with Crippen molar-refractivity contribution < 1.29 is 14.7 Å². The third kappa shape index (κ3) is 3.12. The highest BCUT2D eigenvalue weighted by molar-refractivity contribution is 5.83. The zero-order chi connectivity index (χ0) is 20.7. The maximum atomic E-state index is 13.3. The van der Waals surface area contributed by atoms with Crippen LogP contribution in [0.3, 0.4) is 0 Å². The van der Waals surface area contributed by atoms with Crippen molar-refractivity contribution in [3.05, 3.63) is 39.8 Å². The molecule has 4 rings (SSSR count). The summed E-state index contributed by atoms with van der Waals surface area (Å²) in [5, 5.41) is 13.0. The van der Waals surface area contributed by atoms with Gasteiger partial charge in [-0.25, -0.2) is 0 Å². The molecular weight excluding hydrogens is 370 g/mol. The Kier molecular flexibility index (Phi) is 5.34. The molecule has 156 valence electrons. The summed E-state index contributed by atoms with van der Waals surface area (Å²) in [7, 11) is 0. The Morgan fingerprint density at radius 3 is 2.72 bits per heavy atom. The zero-order valence-corrected chi connectivity index (χ0v) is 17.1. The van der Waals surface area contributed by atoms with Gasteiger partial charge in [0.2, 0.25) is 11.8 Å². The van der Waals surface area contributed by atoms with Crippen molar-refractivity contribution in [3.63, 3.8) is 0 Å². The van der Waals surface area contributed by atoms with E-state index in [1.807, 2.05) is 19.1 Å². The van der Waals surface area contributed by atoms with Crippen molar-refractivity contribution in [3.8, 4) is 0 Å². The normalized spacial score (nSPS) is 27.6. The van der Waals surface area contributed by atoms with Gasteiger partial charge < -0.3 is 19.9 Å². The smallest absolute Gasteiger partial charge is 0.258 e. The van der Waals surface area contributed by atoms with Gasteiger partial charge in [-0.3, -0.25) is 14.4 Å². The van der Waals surface area contributed by atoms with Gasteiger partial charge in [0.15, 0.2) is 0 Å². The van der Waals surface area contributed by atoms with E-state index in [0.717, 1.165) is 36.8 Å². The van der Waals surface area contributed by atoms with Gasteiger partial charge in [-0.2, -0.15) is 0 Å². The summed E-state index contributed by atoms with van der Waals surface area (Å²) < 4.78 is 1.74. The number of nitrogens with zero attached hydrogens (tertiary/aromatic N) is 2. The minimum atomic E-state index is -0.565. The molecule has 0 unspecified atom stereocenters. The minimum Gasteiger partial charge on any atom is -0.396 e. The van der Waals surface area contributed by atoms with Crippen LogP contribution in [0.1, 0.15) is 56.8 Å². The van der Waals surface area contributed by atoms with E-state index < -0.39 is 17.9 Å². The highest BCUT2D eigenvalue weighted by Crippen LogP contribution is 2.48. The first-order chi connectivity index (χ1) is 14.0. The first-order valence-corrected chi connectivity index (χ1v) is 10.6. The van der Waals surface area contributed by atoms with E-state index in [1.54, 1.807) is 9.47 Å². The molecule has 2 N–H and O–H groups in total. The largest absolute Gasteiger partial charge is 0.396 e. The Labute approximate surface area is 170 Å². The number of aliphatic hydroxyl groups excluding tert-OH is 1. The standard InChI is InChI=1S/C22H29N3O4/c1-3-10-23-21(28)19-16(12-26)18-11-24-17(20(19)25(18)13(2)27)9-8-15(22(24)29)14-6-4-5-7-14/h6,8-9,16,18-20,26H,3-5,7,10-12H2,1-2H3,(H,23,28)/t16-,18-,19+,20+/m0/s1. The Balaban J connectivity index is 1.82. The van der Waals surface area contributed by atoms with Gasteiger partial charge in [-0.1, -0.05) is 13.0 Å². The predicted octanol–water partition coefficient (Wildman–Crippen LogP) is 1.45. The Morgan fingerprint density at radius 2 is 2.10 bits per heavy atom. The fourth-order valence-electron chi connectivity index (χ4n) is 5.36. The number of nitrogens with one attached hydrogen (secondary N) is 1. The Hall–Kier alpha value is -2.41. The SMILES string of the molecule is CCCNC(=O)[C@@H]1[C@@H](CO)[C@@H]2Cn3c(ccc(C4=CCCC4)c3=O)[C@H]1N2C(C)=O. The van der Waals surface area contributed by atoms with Crippen LogP contribution in [0.15, 0.2) is 23.0 Å². The van der Waals surface area contributed by atoms with Crippen molar-refractivity contribution in [2.45, 2.75) is 58.2 Å². The summed E-state index contributed by atoms with van der Waals surface area (Å²) in [6.45, 7) is 4.13. The molecule has 3 aliphatic rings.